The van der Waals surface area contributed by atoms with Crippen LogP contribution < -0.4 is 4.90 Å². The molecular formula is C55H36N2O. The van der Waals surface area contributed by atoms with Gasteiger partial charge in [-0.15, -0.1) is 0 Å². The minimum absolute atomic E-state index is 0.616. The molecule has 0 aliphatic heterocycles. The Kier molecular flexibility index (Phi) is 8.15. The fourth-order valence-corrected chi connectivity index (χ4v) is 8.39. The van der Waals surface area contributed by atoms with E-state index in [9.17, 15) is 0 Å². The van der Waals surface area contributed by atoms with Crippen LogP contribution in [0.5, 0.6) is 0 Å². The van der Waals surface area contributed by atoms with Crippen LogP contribution in [0.15, 0.2) is 223 Å². The molecule has 0 aliphatic carbocycles. The fraction of sp³-hybridized carbons (Fsp3) is 0. The Bertz CT molecular complexity index is 3280. The third-order valence-corrected chi connectivity index (χ3v) is 11.2. The normalized spacial score (nSPS) is 11.4. The van der Waals surface area contributed by atoms with Crippen molar-refractivity contribution in [3.8, 4) is 44.8 Å². The van der Waals surface area contributed by atoms with Gasteiger partial charge in [-0.05, 0) is 122 Å². The number of benzene rings is 10. The lowest BCUT2D eigenvalue weighted by Crippen LogP contribution is -2.10. The summed E-state index contributed by atoms with van der Waals surface area (Å²) < 4.78 is 6.65. The molecule has 272 valence electrons. The molecule has 0 atom stereocenters. The van der Waals surface area contributed by atoms with Gasteiger partial charge >= 0.3 is 0 Å². The van der Waals surface area contributed by atoms with Crippen molar-refractivity contribution < 1.29 is 4.42 Å². The molecule has 11 rings (SSSR count). The van der Waals surface area contributed by atoms with E-state index in [1.165, 1.54) is 44.0 Å². The molecular weight excluding hydrogens is 705 g/mol. The first-order chi connectivity index (χ1) is 28.7. The van der Waals surface area contributed by atoms with Crippen molar-refractivity contribution in [3.63, 3.8) is 0 Å². The van der Waals surface area contributed by atoms with Gasteiger partial charge in [-0.2, -0.15) is 0 Å². The maximum atomic E-state index is 6.65. The number of rotatable bonds is 7. The van der Waals surface area contributed by atoms with Crippen molar-refractivity contribution in [2.24, 2.45) is 0 Å². The maximum absolute atomic E-state index is 6.65. The minimum atomic E-state index is 0.616. The van der Waals surface area contributed by atoms with E-state index in [-0.39, 0.29) is 0 Å². The van der Waals surface area contributed by atoms with E-state index in [0.29, 0.717) is 5.89 Å². The molecule has 3 nitrogen and oxygen atoms in total. The van der Waals surface area contributed by atoms with Gasteiger partial charge in [0.25, 0.3) is 0 Å². The molecule has 0 unspecified atom stereocenters. The number of aromatic nitrogens is 1. The Morgan fingerprint density at radius 3 is 1.79 bits per heavy atom. The lowest BCUT2D eigenvalue weighted by Gasteiger charge is -2.27. The molecule has 0 amide bonds. The monoisotopic (exact) mass is 740 g/mol. The summed E-state index contributed by atoms with van der Waals surface area (Å²) in [5.41, 5.74) is 12.9. The minimum Gasteiger partial charge on any atom is -0.435 e. The second-order valence-electron chi connectivity index (χ2n) is 14.8. The van der Waals surface area contributed by atoms with E-state index in [2.05, 4.69) is 223 Å². The van der Waals surface area contributed by atoms with Gasteiger partial charge in [0.15, 0.2) is 5.58 Å². The second kappa shape index (κ2) is 14.1. The zero-order valence-electron chi connectivity index (χ0n) is 31.6. The summed E-state index contributed by atoms with van der Waals surface area (Å²) in [5, 5.41) is 6.89. The third kappa shape index (κ3) is 5.98. The van der Waals surface area contributed by atoms with Gasteiger partial charge in [-0.3, -0.25) is 0 Å². The Morgan fingerprint density at radius 2 is 0.983 bits per heavy atom. The van der Waals surface area contributed by atoms with Gasteiger partial charge in [0.05, 0.1) is 5.69 Å². The topological polar surface area (TPSA) is 29.3 Å². The smallest absolute Gasteiger partial charge is 0.227 e. The van der Waals surface area contributed by atoms with Crippen molar-refractivity contribution in [2.75, 3.05) is 4.90 Å². The van der Waals surface area contributed by atoms with Crippen LogP contribution in [-0.4, -0.2) is 4.98 Å². The SMILES string of the molecule is c1ccc(-c2cccc(N(c3ccc(-c4cc(-c5ccccc5)cc5ccccc45)cc3)c3cccc4c3ccc3nc(-c5ccc6ccccc6c5)oc34)c2)cc1. The van der Waals surface area contributed by atoms with Crippen LogP contribution in [0, 0.1) is 0 Å². The first kappa shape index (κ1) is 33.6. The highest BCUT2D eigenvalue weighted by Crippen LogP contribution is 2.43. The number of anilines is 3. The standard InChI is InChI=1S/C55H36N2O/c1-3-13-37(14-4-1)42-20-11-21-47(35-42)57(46-29-27-40(28-30-46)51-36-45(38-15-5-2-6-16-38)34-43-19-9-10-22-48(43)51)53-24-12-23-50-49(53)31-32-52-54(50)58-55(56-52)44-26-25-39-17-7-8-18-41(39)33-44/h1-36H. The van der Waals surface area contributed by atoms with E-state index < -0.39 is 0 Å². The summed E-state index contributed by atoms with van der Waals surface area (Å²) in [5.74, 6) is 0.616. The zero-order valence-corrected chi connectivity index (χ0v) is 31.6. The number of oxazole rings is 1. The summed E-state index contributed by atoms with van der Waals surface area (Å²) in [6.45, 7) is 0. The van der Waals surface area contributed by atoms with Gasteiger partial charge in [-0.25, -0.2) is 4.98 Å². The molecule has 0 saturated heterocycles. The van der Waals surface area contributed by atoms with Crippen LogP contribution in [0.4, 0.5) is 17.1 Å². The average molecular weight is 741 g/mol. The molecule has 1 aromatic heterocycles. The average Bonchev–Trinajstić information content (AvgIpc) is 3.75. The molecule has 0 radical (unpaired) electrons. The first-order valence-corrected chi connectivity index (χ1v) is 19.7. The van der Waals surface area contributed by atoms with Gasteiger partial charge < -0.3 is 9.32 Å². The molecule has 0 spiro atoms. The summed E-state index contributed by atoms with van der Waals surface area (Å²) in [6, 6.07) is 77.8. The van der Waals surface area contributed by atoms with Crippen molar-refractivity contribution in [2.45, 2.75) is 0 Å². The van der Waals surface area contributed by atoms with Crippen molar-refractivity contribution >= 4 is 60.5 Å². The highest BCUT2D eigenvalue weighted by atomic mass is 16.3. The quantitative estimate of drug-likeness (QED) is 0.163. The highest BCUT2D eigenvalue weighted by Gasteiger charge is 2.20. The highest BCUT2D eigenvalue weighted by molar-refractivity contribution is 6.10. The molecule has 0 aliphatic rings. The van der Waals surface area contributed by atoms with Crippen LogP contribution in [-0.2, 0) is 0 Å². The van der Waals surface area contributed by atoms with E-state index in [1.807, 2.05) is 0 Å². The third-order valence-electron chi connectivity index (χ3n) is 11.2. The van der Waals surface area contributed by atoms with Crippen molar-refractivity contribution in [1.82, 2.24) is 4.98 Å². The molecule has 3 heteroatoms. The molecule has 0 saturated carbocycles. The lowest BCUT2D eigenvalue weighted by atomic mass is 9.93. The summed E-state index contributed by atoms with van der Waals surface area (Å²) in [4.78, 5) is 7.35. The van der Waals surface area contributed by atoms with Crippen LogP contribution in [0.2, 0.25) is 0 Å². The van der Waals surface area contributed by atoms with E-state index in [0.717, 1.165) is 55.4 Å². The van der Waals surface area contributed by atoms with E-state index in [1.54, 1.807) is 0 Å². The Hall–Kier alpha value is -7.75. The van der Waals surface area contributed by atoms with Crippen LogP contribution in [0.25, 0.3) is 88.3 Å². The predicted octanol–water partition coefficient (Wildman–Crippen LogP) is 15.4. The van der Waals surface area contributed by atoms with Gasteiger partial charge in [0, 0.05) is 27.7 Å². The molecule has 58 heavy (non-hydrogen) atoms. The Morgan fingerprint density at radius 1 is 0.345 bits per heavy atom. The predicted molar refractivity (Wildman–Crippen MR) is 243 cm³/mol. The number of fused-ring (bicyclic) bond motifs is 5. The van der Waals surface area contributed by atoms with Crippen LogP contribution in [0.3, 0.4) is 0 Å². The summed E-state index contributed by atoms with van der Waals surface area (Å²) >= 11 is 0. The molecule has 11 aromatic rings. The largest absolute Gasteiger partial charge is 0.435 e. The van der Waals surface area contributed by atoms with Crippen molar-refractivity contribution in [1.29, 1.82) is 0 Å². The molecule has 1 heterocycles. The van der Waals surface area contributed by atoms with Gasteiger partial charge in [0.2, 0.25) is 5.89 Å². The first-order valence-electron chi connectivity index (χ1n) is 19.7. The Labute approximate surface area is 336 Å². The fourth-order valence-electron chi connectivity index (χ4n) is 8.39. The zero-order chi connectivity index (χ0) is 38.4. The van der Waals surface area contributed by atoms with E-state index in [4.69, 9.17) is 9.40 Å². The molecule has 0 fully saturated rings. The second-order valence-corrected chi connectivity index (χ2v) is 14.8. The summed E-state index contributed by atoms with van der Waals surface area (Å²) in [7, 11) is 0. The number of hydrogen-bond donors (Lipinski definition) is 0. The van der Waals surface area contributed by atoms with Crippen LogP contribution in [0.1, 0.15) is 0 Å². The van der Waals surface area contributed by atoms with E-state index >= 15 is 0 Å². The lowest BCUT2D eigenvalue weighted by molar-refractivity contribution is 0.623. The van der Waals surface area contributed by atoms with Crippen LogP contribution >= 0.6 is 0 Å². The molecule has 10 aromatic carbocycles. The number of nitrogens with zero attached hydrogens (tertiary/aromatic N) is 2. The summed E-state index contributed by atoms with van der Waals surface area (Å²) in [6.07, 6.45) is 0. The van der Waals surface area contributed by atoms with Crippen molar-refractivity contribution in [3.05, 3.63) is 218 Å². The maximum Gasteiger partial charge on any atom is 0.227 e. The number of hydrogen-bond acceptors (Lipinski definition) is 3. The molecule has 0 bridgehead atoms. The molecule has 0 N–H and O–H groups in total. The van der Waals surface area contributed by atoms with Gasteiger partial charge in [-0.1, -0.05) is 152 Å². The van der Waals surface area contributed by atoms with Gasteiger partial charge in [0.1, 0.15) is 5.52 Å². The Balaban J connectivity index is 1.06.